The zero-order chi connectivity index (χ0) is 25.7. The zero-order valence-corrected chi connectivity index (χ0v) is 20.5. The second kappa shape index (κ2) is 14.4. The summed E-state index contributed by atoms with van der Waals surface area (Å²) in [6, 6.07) is 14.2. The molecule has 2 aromatic rings. The third-order valence-electron chi connectivity index (χ3n) is 4.40. The fourth-order valence-electron chi connectivity index (χ4n) is 2.88. The molecule has 2 rings (SSSR count). The van der Waals surface area contributed by atoms with E-state index in [0.717, 1.165) is 11.1 Å². The number of aromatic carboxylic acids is 2. The summed E-state index contributed by atoms with van der Waals surface area (Å²) >= 11 is 0. The van der Waals surface area contributed by atoms with Crippen LogP contribution in [0.15, 0.2) is 48.5 Å². The van der Waals surface area contributed by atoms with Crippen LogP contribution in [0.4, 0.5) is 0 Å². The minimum absolute atomic E-state index is 0.0278. The van der Waals surface area contributed by atoms with Crippen molar-refractivity contribution in [2.24, 2.45) is 0 Å². The maximum atomic E-state index is 10.9. The van der Waals surface area contributed by atoms with Gasteiger partial charge >= 0.3 is 11.9 Å². The average Bonchev–Trinajstić information content (AvgIpc) is 2.74. The number of benzene rings is 2. The predicted octanol–water partition coefficient (Wildman–Crippen LogP) is 4.35. The highest BCUT2D eigenvalue weighted by Gasteiger charge is 2.21. The van der Waals surface area contributed by atoms with Gasteiger partial charge in [0.25, 0.3) is 0 Å². The van der Waals surface area contributed by atoms with Crippen molar-refractivity contribution in [3.63, 3.8) is 0 Å². The van der Waals surface area contributed by atoms with Gasteiger partial charge < -0.3 is 25.2 Å². The number of ether oxygens (including phenoxy) is 1. The number of aliphatic hydroxyl groups is 2. The number of hydrogen-bond donors (Lipinski definition) is 4. The van der Waals surface area contributed by atoms with Gasteiger partial charge in [-0.05, 0) is 34.1 Å². The van der Waals surface area contributed by atoms with Crippen molar-refractivity contribution in [1.82, 2.24) is 0 Å². The van der Waals surface area contributed by atoms with Crippen LogP contribution in [-0.4, -0.2) is 58.8 Å². The summed E-state index contributed by atoms with van der Waals surface area (Å²) in [6.45, 7) is 12.7. The van der Waals surface area contributed by atoms with Crippen LogP contribution >= 0.6 is 0 Å². The number of carboxylic acids is 2. The van der Waals surface area contributed by atoms with Crippen LogP contribution in [0, 0.1) is 0 Å². The first-order valence-electron chi connectivity index (χ1n) is 10.7. The van der Waals surface area contributed by atoms with Crippen LogP contribution in [0.3, 0.4) is 0 Å². The summed E-state index contributed by atoms with van der Waals surface area (Å²) in [6.07, 6.45) is 0. The average molecular weight is 463 g/mol. The largest absolute Gasteiger partial charge is 0.478 e. The molecule has 0 spiro atoms. The Hall–Kier alpha value is -2.74. The predicted molar refractivity (Wildman–Crippen MR) is 129 cm³/mol. The standard InChI is InChI=1S/2C11H14O2.C4H10O3/c2*1-11(2,3)9-7-5-4-6-8(9)10(12)13;5-1-3-7-4-2-6/h2*4-7H,1-3H3,(H,12,13);5-6H,1-4H2. The van der Waals surface area contributed by atoms with Gasteiger partial charge in [0.1, 0.15) is 0 Å². The molecule has 0 amide bonds. The minimum atomic E-state index is -0.856. The lowest BCUT2D eigenvalue weighted by molar-refractivity contribution is 0.0650. The third kappa shape index (κ3) is 11.6. The summed E-state index contributed by atoms with van der Waals surface area (Å²) in [4.78, 5) is 21.7. The minimum Gasteiger partial charge on any atom is -0.478 e. The number of rotatable bonds is 6. The van der Waals surface area contributed by atoms with E-state index in [0.29, 0.717) is 24.3 Å². The molecular formula is C26H38O7. The molecule has 0 atom stereocenters. The Morgan fingerprint density at radius 2 is 0.970 bits per heavy atom. The van der Waals surface area contributed by atoms with Gasteiger partial charge in [-0.2, -0.15) is 0 Å². The van der Waals surface area contributed by atoms with E-state index in [1.54, 1.807) is 24.3 Å². The number of carboxylic acid groups (broad SMARTS) is 2. The summed E-state index contributed by atoms with van der Waals surface area (Å²) in [7, 11) is 0. The van der Waals surface area contributed by atoms with E-state index in [-0.39, 0.29) is 24.0 Å². The molecule has 184 valence electrons. The monoisotopic (exact) mass is 462 g/mol. The van der Waals surface area contributed by atoms with Crippen LogP contribution in [-0.2, 0) is 15.6 Å². The van der Waals surface area contributed by atoms with E-state index in [9.17, 15) is 9.59 Å². The van der Waals surface area contributed by atoms with E-state index in [1.807, 2.05) is 65.8 Å². The molecule has 0 aliphatic carbocycles. The van der Waals surface area contributed by atoms with Crippen molar-refractivity contribution in [3.8, 4) is 0 Å². The molecule has 0 saturated heterocycles. The Morgan fingerprint density at radius 1 is 0.667 bits per heavy atom. The Morgan fingerprint density at radius 3 is 1.18 bits per heavy atom. The van der Waals surface area contributed by atoms with E-state index in [4.69, 9.17) is 20.4 Å². The first-order chi connectivity index (χ1) is 15.3. The highest BCUT2D eigenvalue weighted by atomic mass is 16.5. The van der Waals surface area contributed by atoms with Crippen molar-refractivity contribution in [2.75, 3.05) is 26.4 Å². The SMILES string of the molecule is CC(C)(C)c1ccccc1C(=O)O.CC(C)(C)c1ccccc1C(=O)O.OCCOCCO. The van der Waals surface area contributed by atoms with Gasteiger partial charge in [0, 0.05) is 0 Å². The summed E-state index contributed by atoms with van der Waals surface area (Å²) in [5, 5.41) is 34.0. The van der Waals surface area contributed by atoms with Crippen molar-refractivity contribution in [3.05, 3.63) is 70.8 Å². The summed E-state index contributed by atoms with van der Waals surface area (Å²) in [5.74, 6) is -1.71. The second-order valence-corrected chi connectivity index (χ2v) is 9.26. The maximum absolute atomic E-state index is 10.9. The molecule has 33 heavy (non-hydrogen) atoms. The van der Waals surface area contributed by atoms with Gasteiger partial charge in [0.15, 0.2) is 0 Å². The molecule has 7 nitrogen and oxygen atoms in total. The van der Waals surface area contributed by atoms with E-state index < -0.39 is 11.9 Å². The van der Waals surface area contributed by atoms with Crippen LogP contribution in [0.1, 0.15) is 73.4 Å². The molecule has 0 radical (unpaired) electrons. The first-order valence-corrected chi connectivity index (χ1v) is 10.7. The van der Waals surface area contributed by atoms with Crippen LogP contribution in [0.5, 0.6) is 0 Å². The smallest absolute Gasteiger partial charge is 0.335 e. The highest BCUT2D eigenvalue weighted by molar-refractivity contribution is 5.90. The number of aliphatic hydroxyl groups excluding tert-OH is 2. The molecular weight excluding hydrogens is 424 g/mol. The third-order valence-corrected chi connectivity index (χ3v) is 4.40. The van der Waals surface area contributed by atoms with Crippen molar-refractivity contribution in [2.45, 2.75) is 52.4 Å². The molecule has 2 aromatic carbocycles. The van der Waals surface area contributed by atoms with Gasteiger partial charge in [-0.25, -0.2) is 9.59 Å². The van der Waals surface area contributed by atoms with E-state index >= 15 is 0 Å². The number of carbonyl (C=O) groups is 2. The van der Waals surface area contributed by atoms with Crippen LogP contribution in [0.2, 0.25) is 0 Å². The normalized spacial score (nSPS) is 10.9. The van der Waals surface area contributed by atoms with E-state index in [2.05, 4.69) is 4.74 Å². The first kappa shape index (κ1) is 30.3. The van der Waals surface area contributed by atoms with Crippen LogP contribution < -0.4 is 0 Å². The molecule has 0 bridgehead atoms. The Kier molecular flexibility index (Phi) is 13.2. The summed E-state index contributed by atoms with van der Waals surface area (Å²) in [5.41, 5.74) is 2.32. The van der Waals surface area contributed by atoms with Gasteiger partial charge in [-0.15, -0.1) is 0 Å². The molecule has 0 fully saturated rings. The molecule has 0 saturated carbocycles. The maximum Gasteiger partial charge on any atom is 0.335 e. The Balaban J connectivity index is 0.000000490. The van der Waals surface area contributed by atoms with E-state index in [1.165, 1.54) is 0 Å². The molecule has 0 unspecified atom stereocenters. The molecule has 4 N–H and O–H groups in total. The van der Waals surface area contributed by atoms with Gasteiger partial charge in [-0.1, -0.05) is 77.9 Å². The molecule has 0 aromatic heterocycles. The van der Waals surface area contributed by atoms with Crippen molar-refractivity contribution >= 4 is 11.9 Å². The topological polar surface area (TPSA) is 124 Å². The van der Waals surface area contributed by atoms with Crippen molar-refractivity contribution < 1.29 is 34.8 Å². The highest BCUT2D eigenvalue weighted by Crippen LogP contribution is 2.26. The Labute approximate surface area is 196 Å². The second-order valence-electron chi connectivity index (χ2n) is 9.26. The molecule has 7 heteroatoms. The lowest BCUT2D eigenvalue weighted by atomic mass is 9.84. The fraction of sp³-hybridized carbons (Fsp3) is 0.462. The molecule has 0 aliphatic rings. The van der Waals surface area contributed by atoms with Crippen LogP contribution in [0.25, 0.3) is 0 Å². The summed E-state index contributed by atoms with van der Waals surface area (Å²) < 4.78 is 4.63. The van der Waals surface area contributed by atoms with Gasteiger partial charge in [0.2, 0.25) is 0 Å². The lowest BCUT2D eigenvalue weighted by Gasteiger charge is -2.20. The van der Waals surface area contributed by atoms with Gasteiger partial charge in [-0.3, -0.25) is 0 Å². The molecule has 0 aliphatic heterocycles. The van der Waals surface area contributed by atoms with Gasteiger partial charge in [0.05, 0.1) is 37.6 Å². The Bertz CT molecular complexity index is 790. The zero-order valence-electron chi connectivity index (χ0n) is 20.5. The lowest BCUT2D eigenvalue weighted by Crippen LogP contribution is -2.16. The fourth-order valence-corrected chi connectivity index (χ4v) is 2.88. The number of hydrogen-bond acceptors (Lipinski definition) is 5. The van der Waals surface area contributed by atoms with Crippen molar-refractivity contribution in [1.29, 1.82) is 0 Å². The quantitative estimate of drug-likeness (QED) is 0.470. The molecule has 0 heterocycles.